The van der Waals surface area contributed by atoms with E-state index in [9.17, 15) is 4.79 Å². The monoisotopic (exact) mass is 327 g/mol. The third-order valence-corrected chi connectivity index (χ3v) is 4.62. The van der Waals surface area contributed by atoms with Crippen molar-refractivity contribution in [3.8, 4) is 11.5 Å². The Balaban J connectivity index is 1.38. The lowest BCUT2D eigenvalue weighted by Crippen LogP contribution is -2.43. The van der Waals surface area contributed by atoms with Gasteiger partial charge in [-0.1, -0.05) is 18.6 Å². The van der Waals surface area contributed by atoms with Gasteiger partial charge in [-0.25, -0.2) is 0 Å². The van der Waals surface area contributed by atoms with Crippen LogP contribution in [-0.4, -0.2) is 28.8 Å². The number of nitrogens with zero attached hydrogens (tertiary/aromatic N) is 1. The van der Waals surface area contributed by atoms with Gasteiger partial charge in [-0.3, -0.25) is 9.89 Å². The van der Waals surface area contributed by atoms with Crippen molar-refractivity contribution in [3.63, 3.8) is 0 Å². The standard InChI is InChI=1S/C18H21N3O3/c22-18(17-11-23-15-8-4-5-9-16(15)24-17)19-10-14-12-6-2-1-3-7-13(12)20-21-14/h4-5,8-9,17H,1-3,6-7,10-11H2,(H,19,22)(H,20,21). The maximum Gasteiger partial charge on any atom is 0.265 e. The summed E-state index contributed by atoms with van der Waals surface area (Å²) >= 11 is 0. The first-order valence-corrected chi connectivity index (χ1v) is 8.52. The molecule has 0 radical (unpaired) electrons. The molecule has 2 N–H and O–H groups in total. The average molecular weight is 327 g/mol. The number of hydrogen-bond donors (Lipinski definition) is 2. The van der Waals surface area contributed by atoms with E-state index >= 15 is 0 Å². The van der Waals surface area contributed by atoms with Crippen molar-refractivity contribution in [1.29, 1.82) is 0 Å². The normalized spacial score (nSPS) is 19.2. The molecule has 0 bridgehead atoms. The van der Waals surface area contributed by atoms with Crippen LogP contribution in [0.15, 0.2) is 24.3 Å². The maximum absolute atomic E-state index is 12.4. The van der Waals surface area contributed by atoms with E-state index in [1.807, 2.05) is 24.3 Å². The van der Waals surface area contributed by atoms with Crippen molar-refractivity contribution in [2.24, 2.45) is 0 Å². The SMILES string of the molecule is O=C(NCc1n[nH]c2c1CCCCC2)C1COc2ccccc2O1. The lowest BCUT2D eigenvalue weighted by atomic mass is 10.1. The number of ether oxygens (including phenoxy) is 2. The van der Waals surface area contributed by atoms with Gasteiger partial charge in [0.1, 0.15) is 6.61 Å². The molecular formula is C18H21N3O3. The van der Waals surface area contributed by atoms with Crippen LogP contribution in [0.25, 0.3) is 0 Å². The van der Waals surface area contributed by atoms with Crippen LogP contribution in [0.1, 0.15) is 36.2 Å². The van der Waals surface area contributed by atoms with Crippen molar-refractivity contribution in [1.82, 2.24) is 15.5 Å². The summed E-state index contributed by atoms with van der Waals surface area (Å²) in [6.07, 6.45) is 5.09. The first-order valence-electron chi connectivity index (χ1n) is 8.52. The Morgan fingerprint density at radius 3 is 2.96 bits per heavy atom. The first kappa shape index (κ1) is 15.1. The summed E-state index contributed by atoms with van der Waals surface area (Å²) < 4.78 is 11.3. The van der Waals surface area contributed by atoms with Gasteiger partial charge in [-0.15, -0.1) is 0 Å². The van der Waals surface area contributed by atoms with Crippen LogP contribution in [0.3, 0.4) is 0 Å². The van der Waals surface area contributed by atoms with Gasteiger partial charge in [-0.05, 0) is 43.4 Å². The van der Waals surface area contributed by atoms with Crippen molar-refractivity contribution in [3.05, 3.63) is 41.2 Å². The van der Waals surface area contributed by atoms with E-state index in [0.29, 0.717) is 18.0 Å². The summed E-state index contributed by atoms with van der Waals surface area (Å²) in [5, 5.41) is 10.4. The third-order valence-electron chi connectivity index (χ3n) is 4.62. The fourth-order valence-corrected chi connectivity index (χ4v) is 3.31. The molecule has 1 aromatic heterocycles. The summed E-state index contributed by atoms with van der Waals surface area (Å²) in [4.78, 5) is 12.4. The van der Waals surface area contributed by atoms with Gasteiger partial charge in [0, 0.05) is 5.69 Å². The Kier molecular flexibility index (Phi) is 4.11. The minimum absolute atomic E-state index is 0.171. The number of carbonyl (C=O) groups is 1. The highest BCUT2D eigenvalue weighted by atomic mass is 16.6. The van der Waals surface area contributed by atoms with Crippen molar-refractivity contribution >= 4 is 5.91 Å². The smallest absolute Gasteiger partial charge is 0.265 e. The lowest BCUT2D eigenvalue weighted by Gasteiger charge is -2.25. The molecule has 126 valence electrons. The number of para-hydroxylation sites is 2. The molecule has 1 unspecified atom stereocenters. The summed E-state index contributed by atoms with van der Waals surface area (Å²) in [7, 11) is 0. The molecule has 1 atom stereocenters. The van der Waals surface area contributed by atoms with E-state index in [4.69, 9.17) is 9.47 Å². The Bertz CT molecular complexity index is 741. The number of nitrogens with one attached hydrogen (secondary N) is 2. The van der Waals surface area contributed by atoms with Gasteiger partial charge < -0.3 is 14.8 Å². The third kappa shape index (κ3) is 2.96. The zero-order valence-corrected chi connectivity index (χ0v) is 13.5. The van der Waals surface area contributed by atoms with Crippen LogP contribution in [0.5, 0.6) is 11.5 Å². The lowest BCUT2D eigenvalue weighted by molar-refractivity contribution is -0.130. The molecule has 2 heterocycles. The van der Waals surface area contributed by atoms with E-state index in [0.717, 1.165) is 18.5 Å². The molecule has 0 saturated heterocycles. The van der Waals surface area contributed by atoms with Crippen molar-refractivity contribution in [2.45, 2.75) is 44.8 Å². The quantitative estimate of drug-likeness (QED) is 0.847. The molecule has 1 aliphatic carbocycles. The molecular weight excluding hydrogens is 306 g/mol. The molecule has 2 aromatic rings. The van der Waals surface area contributed by atoms with Crippen molar-refractivity contribution < 1.29 is 14.3 Å². The molecule has 0 saturated carbocycles. The predicted molar refractivity (Wildman–Crippen MR) is 88.0 cm³/mol. The van der Waals surface area contributed by atoms with Gasteiger partial charge in [0.15, 0.2) is 11.5 Å². The highest BCUT2D eigenvalue weighted by Gasteiger charge is 2.27. The number of carbonyl (C=O) groups excluding carboxylic acids is 1. The number of rotatable bonds is 3. The summed E-state index contributed by atoms with van der Waals surface area (Å²) in [6, 6.07) is 7.39. The van der Waals surface area contributed by atoms with E-state index < -0.39 is 6.10 Å². The van der Waals surface area contributed by atoms with E-state index in [1.165, 1.54) is 30.5 Å². The highest BCUT2D eigenvalue weighted by molar-refractivity contribution is 5.81. The topological polar surface area (TPSA) is 76.2 Å². The van der Waals surface area contributed by atoms with Crippen LogP contribution in [0.4, 0.5) is 0 Å². The Morgan fingerprint density at radius 1 is 1.21 bits per heavy atom. The molecule has 1 aromatic carbocycles. The number of fused-ring (bicyclic) bond motifs is 2. The zero-order valence-electron chi connectivity index (χ0n) is 13.5. The van der Waals surface area contributed by atoms with Crippen LogP contribution in [-0.2, 0) is 24.2 Å². The molecule has 2 aliphatic rings. The second-order valence-corrected chi connectivity index (χ2v) is 6.27. The van der Waals surface area contributed by atoms with Crippen LogP contribution in [0.2, 0.25) is 0 Å². The van der Waals surface area contributed by atoms with E-state index in [2.05, 4.69) is 15.5 Å². The van der Waals surface area contributed by atoms with Crippen LogP contribution in [0, 0.1) is 0 Å². The zero-order chi connectivity index (χ0) is 16.4. The Labute approximate surface area is 140 Å². The number of amides is 1. The van der Waals surface area contributed by atoms with E-state index in [-0.39, 0.29) is 12.5 Å². The molecule has 0 fully saturated rings. The fourth-order valence-electron chi connectivity index (χ4n) is 3.31. The number of aryl methyl sites for hydroxylation is 1. The minimum Gasteiger partial charge on any atom is -0.485 e. The molecule has 6 nitrogen and oxygen atoms in total. The number of H-pyrrole nitrogens is 1. The van der Waals surface area contributed by atoms with Gasteiger partial charge >= 0.3 is 0 Å². The average Bonchev–Trinajstić information content (AvgIpc) is 2.85. The minimum atomic E-state index is -0.627. The molecule has 6 heteroatoms. The number of benzene rings is 1. The van der Waals surface area contributed by atoms with Gasteiger partial charge in [-0.2, -0.15) is 5.10 Å². The Morgan fingerprint density at radius 2 is 2.04 bits per heavy atom. The van der Waals surface area contributed by atoms with Crippen molar-refractivity contribution in [2.75, 3.05) is 6.61 Å². The fraction of sp³-hybridized carbons (Fsp3) is 0.444. The second-order valence-electron chi connectivity index (χ2n) is 6.27. The molecule has 4 rings (SSSR count). The number of aromatic nitrogens is 2. The van der Waals surface area contributed by atoms with Gasteiger partial charge in [0.2, 0.25) is 6.10 Å². The second kappa shape index (κ2) is 6.55. The maximum atomic E-state index is 12.4. The summed E-state index contributed by atoms with van der Waals surface area (Å²) in [5.41, 5.74) is 3.44. The van der Waals surface area contributed by atoms with Gasteiger partial charge in [0.05, 0.1) is 12.2 Å². The van der Waals surface area contributed by atoms with Crippen LogP contribution < -0.4 is 14.8 Å². The first-order chi connectivity index (χ1) is 11.8. The molecule has 1 aliphatic heterocycles. The number of aromatic amines is 1. The predicted octanol–water partition coefficient (Wildman–Crippen LogP) is 2.13. The summed E-state index contributed by atoms with van der Waals surface area (Å²) in [6.45, 7) is 0.647. The Hall–Kier alpha value is -2.50. The molecule has 1 amide bonds. The summed E-state index contributed by atoms with van der Waals surface area (Å²) in [5.74, 6) is 1.12. The largest absolute Gasteiger partial charge is 0.485 e. The van der Waals surface area contributed by atoms with Gasteiger partial charge in [0.25, 0.3) is 5.91 Å². The molecule has 0 spiro atoms. The van der Waals surface area contributed by atoms with E-state index in [1.54, 1.807) is 0 Å². The number of hydrogen-bond acceptors (Lipinski definition) is 4. The highest BCUT2D eigenvalue weighted by Crippen LogP contribution is 2.30. The van der Waals surface area contributed by atoms with Crippen LogP contribution >= 0.6 is 0 Å². The molecule has 24 heavy (non-hydrogen) atoms.